The summed E-state index contributed by atoms with van der Waals surface area (Å²) >= 11 is 1.80. The Morgan fingerprint density at radius 2 is 2.14 bits per heavy atom. The molecule has 0 bridgehead atoms. The fraction of sp³-hybridized carbons (Fsp3) is 0.706. The highest BCUT2D eigenvalue weighted by Gasteiger charge is 2.49. The number of aryl methyl sites for hydroxylation is 1. The fourth-order valence-electron chi connectivity index (χ4n) is 3.28. The maximum absolute atomic E-state index is 12.8. The van der Waals surface area contributed by atoms with Gasteiger partial charge in [0.25, 0.3) is 0 Å². The Labute approximate surface area is 131 Å². The molecule has 1 amide bonds. The third-order valence-electron chi connectivity index (χ3n) is 5.11. The number of thiophene rings is 1. The van der Waals surface area contributed by atoms with Crippen molar-refractivity contribution in [2.24, 2.45) is 11.3 Å². The molecule has 1 aromatic heterocycles. The first-order valence-electron chi connectivity index (χ1n) is 8.09. The maximum Gasteiger partial charge on any atom is 0.241 e. The molecule has 2 atom stereocenters. The normalized spacial score (nSPS) is 27.7. The van der Waals surface area contributed by atoms with Gasteiger partial charge in [-0.25, -0.2) is 0 Å². The zero-order chi connectivity index (χ0) is 15.2. The first-order valence-corrected chi connectivity index (χ1v) is 8.90. The van der Waals surface area contributed by atoms with Gasteiger partial charge in [-0.2, -0.15) is 0 Å². The molecule has 1 aliphatic carbocycles. The predicted molar refractivity (Wildman–Crippen MR) is 87.2 cm³/mol. The Balaban J connectivity index is 1.86. The lowest BCUT2D eigenvalue weighted by atomic mass is 10.0. The first kappa shape index (κ1) is 15.0. The van der Waals surface area contributed by atoms with Crippen molar-refractivity contribution >= 4 is 17.2 Å². The quantitative estimate of drug-likeness (QED) is 0.899. The van der Waals surface area contributed by atoms with Crippen LogP contribution in [0.15, 0.2) is 12.1 Å². The molecule has 0 aromatic carbocycles. The fourth-order valence-corrected chi connectivity index (χ4v) is 4.23. The summed E-state index contributed by atoms with van der Waals surface area (Å²) in [5, 5.41) is 3.58. The van der Waals surface area contributed by atoms with Gasteiger partial charge < -0.3 is 4.90 Å². The van der Waals surface area contributed by atoms with Crippen LogP contribution in [0.2, 0.25) is 0 Å². The van der Waals surface area contributed by atoms with E-state index in [0.717, 1.165) is 6.54 Å². The van der Waals surface area contributed by atoms with E-state index in [9.17, 15) is 4.79 Å². The molecule has 2 unspecified atom stereocenters. The van der Waals surface area contributed by atoms with Gasteiger partial charge in [0.2, 0.25) is 5.91 Å². The van der Waals surface area contributed by atoms with Crippen LogP contribution in [0.4, 0.5) is 0 Å². The van der Waals surface area contributed by atoms with Crippen LogP contribution in [0.5, 0.6) is 0 Å². The van der Waals surface area contributed by atoms with Gasteiger partial charge in [-0.05, 0) is 49.7 Å². The maximum atomic E-state index is 12.8. The Morgan fingerprint density at radius 1 is 1.43 bits per heavy atom. The zero-order valence-corrected chi connectivity index (χ0v) is 14.3. The molecule has 0 radical (unpaired) electrons. The van der Waals surface area contributed by atoms with Crippen molar-refractivity contribution < 1.29 is 4.79 Å². The lowest BCUT2D eigenvalue weighted by Crippen LogP contribution is -2.37. The molecule has 4 heteroatoms. The van der Waals surface area contributed by atoms with Crippen molar-refractivity contribution in [2.75, 3.05) is 6.54 Å². The summed E-state index contributed by atoms with van der Waals surface area (Å²) < 4.78 is 0. The Morgan fingerprint density at radius 3 is 2.62 bits per heavy atom. The number of carbonyl (C=O) groups is 1. The van der Waals surface area contributed by atoms with Gasteiger partial charge in [0.15, 0.2) is 0 Å². The molecular weight excluding hydrogens is 280 g/mol. The highest BCUT2D eigenvalue weighted by atomic mass is 32.1. The van der Waals surface area contributed by atoms with E-state index < -0.39 is 0 Å². The highest BCUT2D eigenvalue weighted by Crippen LogP contribution is 2.50. The average Bonchev–Trinajstić information content (AvgIpc) is 2.98. The first-order chi connectivity index (χ1) is 9.96. The third kappa shape index (κ3) is 2.76. The molecular formula is C17H26N2OS. The van der Waals surface area contributed by atoms with E-state index in [-0.39, 0.29) is 12.2 Å². The van der Waals surface area contributed by atoms with Crippen LogP contribution in [-0.4, -0.2) is 23.4 Å². The van der Waals surface area contributed by atoms with E-state index in [1.54, 1.807) is 11.3 Å². The van der Waals surface area contributed by atoms with Crippen LogP contribution in [0.1, 0.15) is 56.0 Å². The number of hydrogen-bond acceptors (Lipinski definition) is 3. The molecule has 3 rings (SSSR count). The van der Waals surface area contributed by atoms with Crippen molar-refractivity contribution in [3.63, 3.8) is 0 Å². The third-order valence-corrected chi connectivity index (χ3v) is 6.16. The van der Waals surface area contributed by atoms with Crippen molar-refractivity contribution in [1.29, 1.82) is 0 Å². The molecule has 1 aromatic rings. The summed E-state index contributed by atoms with van der Waals surface area (Å²) in [4.78, 5) is 17.5. The van der Waals surface area contributed by atoms with Gasteiger partial charge in [0.1, 0.15) is 6.17 Å². The minimum atomic E-state index is -0.0370. The van der Waals surface area contributed by atoms with Crippen LogP contribution in [-0.2, 0) is 4.79 Å². The minimum absolute atomic E-state index is 0.0370. The Kier molecular flexibility index (Phi) is 3.87. The summed E-state index contributed by atoms with van der Waals surface area (Å²) in [6.07, 6.45) is 3.80. The van der Waals surface area contributed by atoms with Crippen LogP contribution >= 0.6 is 11.3 Å². The van der Waals surface area contributed by atoms with E-state index in [1.165, 1.54) is 29.0 Å². The van der Waals surface area contributed by atoms with Crippen molar-refractivity contribution in [3.05, 3.63) is 21.9 Å². The molecule has 2 heterocycles. The van der Waals surface area contributed by atoms with Gasteiger partial charge in [0, 0.05) is 16.3 Å². The van der Waals surface area contributed by atoms with Gasteiger partial charge in [-0.15, -0.1) is 11.3 Å². The van der Waals surface area contributed by atoms with Crippen LogP contribution in [0.3, 0.4) is 0 Å². The zero-order valence-electron chi connectivity index (χ0n) is 13.5. The van der Waals surface area contributed by atoms with Gasteiger partial charge in [-0.3, -0.25) is 10.1 Å². The van der Waals surface area contributed by atoms with Crippen LogP contribution in [0, 0.1) is 18.3 Å². The summed E-state index contributed by atoms with van der Waals surface area (Å²) in [6, 6.07) is 4.29. The van der Waals surface area contributed by atoms with Gasteiger partial charge in [0.05, 0.1) is 6.04 Å². The smallest absolute Gasteiger partial charge is 0.241 e. The second-order valence-corrected chi connectivity index (χ2v) is 8.38. The van der Waals surface area contributed by atoms with E-state index in [2.05, 4.69) is 50.0 Å². The second-order valence-electron chi connectivity index (χ2n) is 7.06. The molecule has 2 fully saturated rings. The van der Waals surface area contributed by atoms with Crippen LogP contribution in [0.25, 0.3) is 0 Å². The summed E-state index contributed by atoms with van der Waals surface area (Å²) in [5.41, 5.74) is 0.397. The van der Waals surface area contributed by atoms with E-state index in [1.807, 2.05) is 0 Å². The molecule has 1 saturated heterocycles. The summed E-state index contributed by atoms with van der Waals surface area (Å²) in [6.45, 7) is 9.56. The van der Waals surface area contributed by atoms with E-state index >= 15 is 0 Å². The molecule has 1 saturated carbocycles. The topological polar surface area (TPSA) is 32.3 Å². The highest BCUT2D eigenvalue weighted by molar-refractivity contribution is 7.12. The molecule has 21 heavy (non-hydrogen) atoms. The van der Waals surface area contributed by atoms with Gasteiger partial charge in [-0.1, -0.05) is 20.8 Å². The summed E-state index contributed by atoms with van der Waals surface area (Å²) in [7, 11) is 0. The Bertz CT molecular complexity index is 533. The number of amides is 1. The molecule has 2 aliphatic rings. The molecule has 1 N–H and O–H groups in total. The average molecular weight is 306 g/mol. The predicted octanol–water partition coefficient (Wildman–Crippen LogP) is 3.70. The number of nitrogens with one attached hydrogen (secondary N) is 1. The number of hydrogen-bond donors (Lipinski definition) is 1. The lowest BCUT2D eigenvalue weighted by Gasteiger charge is -2.27. The molecule has 0 spiro atoms. The van der Waals surface area contributed by atoms with Crippen molar-refractivity contribution in [3.8, 4) is 0 Å². The number of carbonyl (C=O) groups excluding carboxylic acids is 1. The van der Waals surface area contributed by atoms with Crippen molar-refractivity contribution in [2.45, 2.75) is 59.2 Å². The molecule has 1 aliphatic heterocycles. The SMILES string of the molecule is CCC1(CN2C(=O)C(C(C)C)NC2c2ccc(C)s2)CC1. The minimum Gasteiger partial charge on any atom is -0.320 e. The van der Waals surface area contributed by atoms with Gasteiger partial charge >= 0.3 is 0 Å². The molecule has 116 valence electrons. The molecule has 3 nitrogen and oxygen atoms in total. The standard InChI is InChI=1S/C17H26N2OS/c1-5-17(8-9-17)10-19-15(13-7-6-12(4)21-13)18-14(11(2)3)16(19)20/h6-7,11,14-15,18H,5,8-10H2,1-4H3. The number of nitrogens with zero attached hydrogens (tertiary/aromatic N) is 1. The Hall–Kier alpha value is -0.870. The lowest BCUT2D eigenvalue weighted by molar-refractivity contribution is -0.131. The van der Waals surface area contributed by atoms with Crippen molar-refractivity contribution in [1.82, 2.24) is 10.2 Å². The summed E-state index contributed by atoms with van der Waals surface area (Å²) in [5.74, 6) is 0.628. The van der Waals surface area contributed by atoms with E-state index in [4.69, 9.17) is 0 Å². The second kappa shape index (κ2) is 5.40. The van der Waals surface area contributed by atoms with E-state index in [0.29, 0.717) is 17.2 Å². The largest absolute Gasteiger partial charge is 0.320 e. The monoisotopic (exact) mass is 306 g/mol. The number of rotatable bonds is 5. The van der Waals surface area contributed by atoms with Crippen LogP contribution < -0.4 is 5.32 Å².